The Morgan fingerprint density at radius 1 is 1.03 bits per heavy atom. The highest BCUT2D eigenvalue weighted by atomic mass is 16.6. The van der Waals surface area contributed by atoms with Gasteiger partial charge in [0.05, 0.1) is 17.5 Å². The van der Waals surface area contributed by atoms with Crippen molar-refractivity contribution in [2.24, 2.45) is 17.8 Å². The lowest BCUT2D eigenvalue weighted by Crippen LogP contribution is -2.27. The van der Waals surface area contributed by atoms with E-state index in [2.05, 4.69) is 11.8 Å². The van der Waals surface area contributed by atoms with Gasteiger partial charge in [0, 0.05) is 37.0 Å². The van der Waals surface area contributed by atoms with Crippen LogP contribution in [-0.4, -0.2) is 36.2 Å². The zero-order valence-electron chi connectivity index (χ0n) is 21.2. The van der Waals surface area contributed by atoms with E-state index in [-0.39, 0.29) is 36.2 Å². The van der Waals surface area contributed by atoms with E-state index < -0.39 is 24.1 Å². The Bertz CT molecular complexity index is 1180. The van der Waals surface area contributed by atoms with Crippen molar-refractivity contribution in [1.29, 1.82) is 0 Å². The molecule has 192 valence electrons. The third-order valence-corrected chi connectivity index (χ3v) is 6.88. The number of hydrogen-bond donors (Lipinski definition) is 0. The fourth-order valence-electron chi connectivity index (χ4n) is 4.89. The van der Waals surface area contributed by atoms with E-state index in [1.807, 2.05) is 38.1 Å². The molecule has 37 heavy (non-hydrogen) atoms. The SMILES string of the molecule is CCC#CCC(C)[C@@H](C=C[C@@H]1[C@H]2CC(=O)O[C@H]2C[C@H]1OC(=O)c1ccccc1)OC(=O)c1ccccc1. The number of carbonyl (C=O) groups is 3. The van der Waals surface area contributed by atoms with E-state index in [0.29, 0.717) is 24.0 Å². The van der Waals surface area contributed by atoms with Crippen molar-refractivity contribution < 1.29 is 28.6 Å². The molecular weight excluding hydrogens is 468 g/mol. The summed E-state index contributed by atoms with van der Waals surface area (Å²) in [6.07, 6.45) is 4.53. The van der Waals surface area contributed by atoms with E-state index in [9.17, 15) is 14.4 Å². The molecule has 1 saturated heterocycles. The lowest BCUT2D eigenvalue weighted by atomic mass is 9.90. The highest BCUT2D eigenvalue weighted by molar-refractivity contribution is 5.90. The molecule has 1 unspecified atom stereocenters. The first-order chi connectivity index (χ1) is 18.0. The molecule has 1 aliphatic carbocycles. The summed E-state index contributed by atoms with van der Waals surface area (Å²) in [6, 6.07) is 17.7. The van der Waals surface area contributed by atoms with E-state index in [4.69, 9.17) is 14.2 Å². The first-order valence-corrected chi connectivity index (χ1v) is 12.8. The maximum absolute atomic E-state index is 12.9. The van der Waals surface area contributed by atoms with Crippen molar-refractivity contribution >= 4 is 17.9 Å². The Balaban J connectivity index is 1.54. The molecule has 6 nitrogen and oxygen atoms in total. The van der Waals surface area contributed by atoms with Crippen molar-refractivity contribution in [3.63, 3.8) is 0 Å². The zero-order valence-corrected chi connectivity index (χ0v) is 21.2. The van der Waals surface area contributed by atoms with Gasteiger partial charge in [-0.2, -0.15) is 0 Å². The Morgan fingerprint density at radius 3 is 2.32 bits per heavy atom. The maximum atomic E-state index is 12.9. The minimum atomic E-state index is -0.540. The monoisotopic (exact) mass is 500 g/mol. The Hall–Kier alpha value is -3.85. The second-order valence-electron chi connectivity index (χ2n) is 9.53. The van der Waals surface area contributed by atoms with Crippen molar-refractivity contribution in [2.45, 2.75) is 57.8 Å². The highest BCUT2D eigenvalue weighted by Crippen LogP contribution is 2.44. The van der Waals surface area contributed by atoms with Crippen LogP contribution in [0.25, 0.3) is 0 Å². The molecule has 1 aliphatic heterocycles. The lowest BCUT2D eigenvalue weighted by Gasteiger charge is -2.23. The summed E-state index contributed by atoms with van der Waals surface area (Å²) in [6.45, 7) is 3.98. The number of rotatable bonds is 8. The second kappa shape index (κ2) is 12.4. The lowest BCUT2D eigenvalue weighted by molar-refractivity contribution is -0.141. The minimum Gasteiger partial charge on any atom is -0.462 e. The number of benzene rings is 2. The van der Waals surface area contributed by atoms with Gasteiger partial charge in [0.25, 0.3) is 0 Å². The number of carbonyl (C=O) groups excluding carboxylic acids is 3. The van der Waals surface area contributed by atoms with E-state index in [1.54, 1.807) is 48.5 Å². The van der Waals surface area contributed by atoms with Crippen molar-refractivity contribution in [3.8, 4) is 11.8 Å². The van der Waals surface area contributed by atoms with Crippen LogP contribution in [0.2, 0.25) is 0 Å². The van der Waals surface area contributed by atoms with Crippen LogP contribution < -0.4 is 0 Å². The molecule has 0 spiro atoms. The summed E-state index contributed by atoms with van der Waals surface area (Å²) >= 11 is 0. The Kier molecular flexibility index (Phi) is 8.79. The number of esters is 3. The average Bonchev–Trinajstić information content (AvgIpc) is 3.42. The molecular formula is C31H32O6. The van der Waals surface area contributed by atoms with Crippen LogP contribution in [-0.2, 0) is 19.0 Å². The van der Waals surface area contributed by atoms with E-state index in [0.717, 1.165) is 6.42 Å². The predicted octanol–water partition coefficient (Wildman–Crippen LogP) is 5.39. The van der Waals surface area contributed by atoms with Crippen LogP contribution >= 0.6 is 0 Å². The van der Waals surface area contributed by atoms with Gasteiger partial charge in [0.1, 0.15) is 18.3 Å². The van der Waals surface area contributed by atoms with Crippen LogP contribution in [0, 0.1) is 29.6 Å². The number of fused-ring (bicyclic) bond motifs is 1. The van der Waals surface area contributed by atoms with Gasteiger partial charge in [-0.3, -0.25) is 4.79 Å². The summed E-state index contributed by atoms with van der Waals surface area (Å²) in [4.78, 5) is 37.6. The molecule has 2 aromatic carbocycles. The number of hydrogen-bond acceptors (Lipinski definition) is 6. The molecule has 1 saturated carbocycles. The molecule has 1 heterocycles. The molecule has 0 amide bonds. The minimum absolute atomic E-state index is 0.0630. The van der Waals surface area contributed by atoms with E-state index >= 15 is 0 Å². The molecule has 2 aromatic rings. The molecule has 2 fully saturated rings. The number of ether oxygens (including phenoxy) is 3. The molecule has 6 atom stereocenters. The van der Waals surface area contributed by atoms with Gasteiger partial charge in [-0.25, -0.2) is 9.59 Å². The van der Waals surface area contributed by atoms with Gasteiger partial charge in [0.2, 0.25) is 0 Å². The molecule has 6 heteroatoms. The fraction of sp³-hybridized carbons (Fsp3) is 0.387. The zero-order chi connectivity index (χ0) is 26.2. The van der Waals surface area contributed by atoms with Gasteiger partial charge >= 0.3 is 17.9 Å². The van der Waals surface area contributed by atoms with Gasteiger partial charge < -0.3 is 14.2 Å². The summed E-state index contributed by atoms with van der Waals surface area (Å²) < 4.78 is 17.3. The van der Waals surface area contributed by atoms with Gasteiger partial charge in [0.15, 0.2) is 0 Å². The van der Waals surface area contributed by atoms with Crippen molar-refractivity contribution in [2.75, 3.05) is 0 Å². The molecule has 2 aliphatic rings. The Morgan fingerprint density at radius 2 is 1.68 bits per heavy atom. The largest absolute Gasteiger partial charge is 0.462 e. The fourth-order valence-corrected chi connectivity index (χ4v) is 4.89. The molecule has 4 rings (SSSR count). The van der Waals surface area contributed by atoms with Crippen LogP contribution in [0.15, 0.2) is 72.8 Å². The van der Waals surface area contributed by atoms with Crippen LogP contribution in [0.1, 0.15) is 60.2 Å². The quantitative estimate of drug-likeness (QED) is 0.209. The van der Waals surface area contributed by atoms with Gasteiger partial charge in [-0.15, -0.1) is 11.8 Å². The topological polar surface area (TPSA) is 78.9 Å². The molecule has 0 bridgehead atoms. The third kappa shape index (κ3) is 6.68. The molecule has 0 aromatic heterocycles. The third-order valence-electron chi connectivity index (χ3n) is 6.88. The first kappa shape index (κ1) is 26.2. The van der Waals surface area contributed by atoms with E-state index in [1.165, 1.54) is 0 Å². The maximum Gasteiger partial charge on any atom is 0.338 e. The predicted molar refractivity (Wildman–Crippen MR) is 138 cm³/mol. The Labute approximate surface area is 218 Å². The summed E-state index contributed by atoms with van der Waals surface area (Å²) in [5.41, 5.74) is 0.940. The average molecular weight is 501 g/mol. The molecule has 0 radical (unpaired) electrons. The van der Waals surface area contributed by atoms with Crippen LogP contribution in [0.4, 0.5) is 0 Å². The summed E-state index contributed by atoms with van der Waals surface area (Å²) in [7, 11) is 0. The summed E-state index contributed by atoms with van der Waals surface area (Å²) in [5, 5.41) is 0. The molecule has 0 N–H and O–H groups in total. The second-order valence-corrected chi connectivity index (χ2v) is 9.53. The van der Waals surface area contributed by atoms with Gasteiger partial charge in [-0.1, -0.05) is 56.3 Å². The van der Waals surface area contributed by atoms with Crippen LogP contribution in [0.5, 0.6) is 0 Å². The van der Waals surface area contributed by atoms with Gasteiger partial charge in [-0.05, 0) is 30.3 Å². The summed E-state index contributed by atoms with van der Waals surface area (Å²) in [5.74, 6) is 4.74. The van der Waals surface area contributed by atoms with Crippen LogP contribution in [0.3, 0.4) is 0 Å². The smallest absolute Gasteiger partial charge is 0.338 e. The normalized spacial score (nSPS) is 23.9. The highest BCUT2D eigenvalue weighted by Gasteiger charge is 2.50. The van der Waals surface area contributed by atoms with Crippen molar-refractivity contribution in [3.05, 3.63) is 83.9 Å². The first-order valence-electron chi connectivity index (χ1n) is 12.8. The van der Waals surface area contributed by atoms with Crippen molar-refractivity contribution in [1.82, 2.24) is 0 Å². The standard InChI is InChI=1S/C31H32O6/c1-3-4-7-12-21(2)26(36-30(33)22-13-8-5-9-14-22)18-17-24-25-19-29(32)35-28(25)20-27(24)37-31(34)23-15-10-6-11-16-23/h5-6,8-11,13-18,21,24-28H,3,12,19-20H2,1-2H3/t21?,24-,25-,26-,27-,28+/m1/s1.